The van der Waals surface area contributed by atoms with Crippen LogP contribution in [-0.2, 0) is 6.42 Å². The number of halogens is 2. The van der Waals surface area contributed by atoms with Crippen LogP contribution in [0.3, 0.4) is 0 Å². The predicted molar refractivity (Wildman–Crippen MR) is 83.3 cm³/mol. The van der Waals surface area contributed by atoms with Crippen molar-refractivity contribution < 1.29 is 0 Å². The fraction of sp³-hybridized carbons (Fsp3) is 0.357. The first-order valence-electron chi connectivity index (χ1n) is 6.26. The van der Waals surface area contributed by atoms with Gasteiger partial charge in [0.2, 0.25) is 0 Å². The fourth-order valence-corrected chi connectivity index (χ4v) is 2.99. The van der Waals surface area contributed by atoms with Gasteiger partial charge < -0.3 is 5.32 Å². The normalized spacial score (nSPS) is 12.6. The van der Waals surface area contributed by atoms with Gasteiger partial charge in [-0.05, 0) is 43.1 Å². The van der Waals surface area contributed by atoms with Crippen molar-refractivity contribution in [2.75, 3.05) is 6.54 Å². The van der Waals surface area contributed by atoms with E-state index in [1.54, 1.807) is 11.3 Å². The predicted octanol–water partition coefficient (Wildman–Crippen LogP) is 4.73. The van der Waals surface area contributed by atoms with Crippen molar-refractivity contribution in [3.8, 4) is 0 Å². The van der Waals surface area contributed by atoms with Crippen molar-refractivity contribution in [2.24, 2.45) is 0 Å². The van der Waals surface area contributed by atoms with E-state index >= 15 is 0 Å². The topological polar surface area (TPSA) is 24.9 Å². The molecule has 0 saturated heterocycles. The summed E-state index contributed by atoms with van der Waals surface area (Å²) in [5, 5.41) is 5.02. The molecular formula is C14H16Cl2N2S. The number of aromatic nitrogens is 1. The van der Waals surface area contributed by atoms with Crippen molar-refractivity contribution >= 4 is 34.5 Å². The highest BCUT2D eigenvalue weighted by Gasteiger charge is 2.15. The highest BCUT2D eigenvalue weighted by Crippen LogP contribution is 2.27. The van der Waals surface area contributed by atoms with Crippen LogP contribution in [0.1, 0.15) is 29.8 Å². The molecule has 2 nitrogen and oxygen atoms in total. The highest BCUT2D eigenvalue weighted by atomic mass is 35.5. The van der Waals surface area contributed by atoms with Crippen LogP contribution in [0.2, 0.25) is 10.0 Å². The summed E-state index contributed by atoms with van der Waals surface area (Å²) >= 11 is 13.9. The maximum absolute atomic E-state index is 6.24. The molecule has 1 atom stereocenters. The van der Waals surface area contributed by atoms with E-state index < -0.39 is 0 Å². The Balaban J connectivity index is 2.17. The molecule has 1 aromatic carbocycles. The Bertz CT molecular complexity index is 514. The third-order valence-electron chi connectivity index (χ3n) is 2.87. The van der Waals surface area contributed by atoms with Crippen molar-refractivity contribution in [1.29, 1.82) is 0 Å². The molecule has 0 saturated carbocycles. The van der Waals surface area contributed by atoms with Crippen LogP contribution in [0.4, 0.5) is 0 Å². The van der Waals surface area contributed by atoms with Gasteiger partial charge in [-0.2, -0.15) is 0 Å². The molecule has 0 aliphatic carbocycles. The number of hydrogen-bond acceptors (Lipinski definition) is 3. The van der Waals surface area contributed by atoms with Gasteiger partial charge in [-0.15, -0.1) is 11.3 Å². The Morgan fingerprint density at radius 3 is 2.89 bits per heavy atom. The van der Waals surface area contributed by atoms with Gasteiger partial charge in [-0.25, -0.2) is 0 Å². The van der Waals surface area contributed by atoms with Gasteiger partial charge in [0.15, 0.2) is 0 Å². The summed E-state index contributed by atoms with van der Waals surface area (Å²) in [6.07, 6.45) is 3.83. The summed E-state index contributed by atoms with van der Waals surface area (Å²) in [7, 11) is 0. The number of nitrogens with one attached hydrogen (secondary N) is 1. The number of nitrogens with zero attached hydrogens (tertiary/aromatic N) is 1. The van der Waals surface area contributed by atoms with E-state index in [0.29, 0.717) is 0 Å². The molecule has 1 aromatic heterocycles. The minimum atomic E-state index is 0.239. The van der Waals surface area contributed by atoms with Crippen molar-refractivity contribution in [3.05, 3.63) is 50.4 Å². The second kappa shape index (κ2) is 7.25. The van der Waals surface area contributed by atoms with E-state index in [-0.39, 0.29) is 6.04 Å². The molecule has 5 heteroatoms. The average molecular weight is 315 g/mol. The van der Waals surface area contributed by atoms with Gasteiger partial charge in [0.1, 0.15) is 0 Å². The quantitative estimate of drug-likeness (QED) is 0.833. The SMILES string of the molecule is CCCNC(Cc1cc(Cl)ccc1Cl)c1cncs1. The van der Waals surface area contributed by atoms with Gasteiger partial charge in [-0.3, -0.25) is 4.98 Å². The summed E-state index contributed by atoms with van der Waals surface area (Å²) < 4.78 is 0. The largest absolute Gasteiger partial charge is 0.309 e. The summed E-state index contributed by atoms with van der Waals surface area (Å²) in [4.78, 5) is 5.38. The third-order valence-corrected chi connectivity index (χ3v) is 4.36. The number of benzene rings is 1. The molecule has 2 aromatic rings. The molecule has 0 bridgehead atoms. The minimum absolute atomic E-state index is 0.239. The molecule has 2 rings (SSSR count). The van der Waals surface area contributed by atoms with E-state index in [9.17, 15) is 0 Å². The summed E-state index contributed by atoms with van der Waals surface area (Å²) in [6.45, 7) is 3.13. The standard InChI is InChI=1S/C14H16Cl2N2S/c1-2-5-18-13(14-8-17-9-19-14)7-10-6-11(15)3-4-12(10)16/h3-4,6,8-9,13,18H,2,5,7H2,1H3. The molecule has 1 heterocycles. The minimum Gasteiger partial charge on any atom is -0.309 e. The number of thiazole rings is 1. The Kier molecular flexibility index (Phi) is 5.64. The van der Waals surface area contributed by atoms with Crippen LogP contribution in [0.5, 0.6) is 0 Å². The van der Waals surface area contributed by atoms with Crippen LogP contribution in [-0.4, -0.2) is 11.5 Å². The van der Waals surface area contributed by atoms with Crippen LogP contribution < -0.4 is 5.32 Å². The van der Waals surface area contributed by atoms with Crippen LogP contribution in [0, 0.1) is 0 Å². The Morgan fingerprint density at radius 1 is 1.37 bits per heavy atom. The van der Waals surface area contributed by atoms with Gasteiger partial charge in [0.05, 0.1) is 5.51 Å². The monoisotopic (exact) mass is 314 g/mol. The number of rotatable bonds is 6. The maximum Gasteiger partial charge on any atom is 0.0794 e. The van der Waals surface area contributed by atoms with E-state index in [2.05, 4.69) is 17.2 Å². The maximum atomic E-state index is 6.24. The molecule has 1 unspecified atom stereocenters. The molecule has 19 heavy (non-hydrogen) atoms. The van der Waals surface area contributed by atoms with E-state index in [1.807, 2.05) is 29.9 Å². The van der Waals surface area contributed by atoms with E-state index in [4.69, 9.17) is 23.2 Å². The smallest absolute Gasteiger partial charge is 0.0794 e. The Hall–Kier alpha value is -0.610. The van der Waals surface area contributed by atoms with Crippen LogP contribution in [0.15, 0.2) is 29.9 Å². The zero-order valence-electron chi connectivity index (χ0n) is 10.7. The zero-order valence-corrected chi connectivity index (χ0v) is 13.0. The summed E-state index contributed by atoms with van der Waals surface area (Å²) in [5.41, 5.74) is 2.92. The molecule has 0 aliphatic heterocycles. The number of hydrogen-bond donors (Lipinski definition) is 1. The molecule has 102 valence electrons. The second-order valence-corrected chi connectivity index (χ2v) is 6.11. The fourth-order valence-electron chi connectivity index (χ4n) is 1.91. The second-order valence-electron chi connectivity index (χ2n) is 4.35. The molecule has 0 spiro atoms. The lowest BCUT2D eigenvalue weighted by Gasteiger charge is -2.17. The van der Waals surface area contributed by atoms with Crippen molar-refractivity contribution in [2.45, 2.75) is 25.8 Å². The average Bonchev–Trinajstić information content (AvgIpc) is 2.92. The van der Waals surface area contributed by atoms with E-state index in [0.717, 1.165) is 35.0 Å². The lowest BCUT2D eigenvalue weighted by atomic mass is 10.0. The molecular weight excluding hydrogens is 299 g/mol. The Morgan fingerprint density at radius 2 is 2.21 bits per heavy atom. The van der Waals surface area contributed by atoms with Gasteiger partial charge in [-0.1, -0.05) is 30.1 Å². The summed E-state index contributed by atoms with van der Waals surface area (Å²) in [6, 6.07) is 5.84. The van der Waals surface area contributed by atoms with Gasteiger partial charge in [0, 0.05) is 27.2 Å². The molecule has 0 radical (unpaired) electrons. The summed E-state index contributed by atoms with van der Waals surface area (Å²) in [5.74, 6) is 0. The first kappa shape index (κ1) is 14.8. The van der Waals surface area contributed by atoms with Gasteiger partial charge >= 0.3 is 0 Å². The van der Waals surface area contributed by atoms with Crippen LogP contribution >= 0.6 is 34.5 Å². The third kappa shape index (κ3) is 4.18. The Labute approximate surface area is 127 Å². The van der Waals surface area contributed by atoms with Crippen molar-refractivity contribution in [1.82, 2.24) is 10.3 Å². The molecule has 0 fully saturated rings. The van der Waals surface area contributed by atoms with Gasteiger partial charge in [0.25, 0.3) is 0 Å². The zero-order chi connectivity index (χ0) is 13.7. The lowest BCUT2D eigenvalue weighted by Crippen LogP contribution is -2.23. The molecule has 0 amide bonds. The first-order chi connectivity index (χ1) is 9.20. The van der Waals surface area contributed by atoms with Crippen LogP contribution in [0.25, 0.3) is 0 Å². The van der Waals surface area contributed by atoms with Crippen molar-refractivity contribution in [3.63, 3.8) is 0 Å². The highest BCUT2D eigenvalue weighted by molar-refractivity contribution is 7.09. The first-order valence-corrected chi connectivity index (χ1v) is 7.90. The molecule has 1 N–H and O–H groups in total. The molecule has 0 aliphatic rings. The lowest BCUT2D eigenvalue weighted by molar-refractivity contribution is 0.536. The van der Waals surface area contributed by atoms with E-state index in [1.165, 1.54) is 4.88 Å².